The molecule has 0 bridgehead atoms. The molecule has 1 fully saturated rings. The summed E-state index contributed by atoms with van der Waals surface area (Å²) in [6.07, 6.45) is 3.91. The van der Waals surface area contributed by atoms with Crippen molar-refractivity contribution in [3.63, 3.8) is 0 Å². The molecule has 4 nitrogen and oxygen atoms in total. The molecule has 0 unspecified atom stereocenters. The number of hydrogen-bond acceptors (Lipinski definition) is 5. The lowest BCUT2D eigenvalue weighted by molar-refractivity contribution is -0.121. The average Bonchev–Trinajstić information content (AvgIpc) is 2.90. The Morgan fingerprint density at radius 1 is 1.23 bits per heavy atom. The highest BCUT2D eigenvalue weighted by molar-refractivity contribution is 8.18. The zero-order valence-corrected chi connectivity index (χ0v) is 16.6. The molecule has 0 radical (unpaired) electrons. The summed E-state index contributed by atoms with van der Waals surface area (Å²) in [5.41, 5.74) is 1.78. The SMILES string of the molecule is CCOc1cccc(/C=C2/SC(=Nc3cccc(SC)c3)N(C)C2=O)c1. The zero-order chi connectivity index (χ0) is 18.5. The van der Waals surface area contributed by atoms with Crippen molar-refractivity contribution in [3.05, 3.63) is 59.0 Å². The fourth-order valence-corrected chi connectivity index (χ4v) is 3.89. The van der Waals surface area contributed by atoms with Crippen molar-refractivity contribution < 1.29 is 9.53 Å². The third kappa shape index (κ3) is 4.31. The molecule has 3 rings (SSSR count). The van der Waals surface area contributed by atoms with Crippen molar-refractivity contribution in [2.45, 2.75) is 11.8 Å². The first-order chi connectivity index (χ1) is 12.6. The van der Waals surface area contributed by atoms with Crippen LogP contribution in [0.25, 0.3) is 6.08 Å². The van der Waals surface area contributed by atoms with Crippen molar-refractivity contribution in [2.24, 2.45) is 4.99 Å². The van der Waals surface area contributed by atoms with E-state index in [9.17, 15) is 4.79 Å². The molecular formula is C20H20N2O2S2. The standard InChI is InChI=1S/C20H20N2O2S2/c1-4-24-16-9-5-7-14(11-16)12-18-19(23)22(2)20(26-18)21-15-8-6-10-17(13-15)25-3/h5-13H,4H2,1-3H3/b18-12+,21-20?. The highest BCUT2D eigenvalue weighted by atomic mass is 32.2. The Labute approximate surface area is 162 Å². The van der Waals surface area contributed by atoms with Crippen LogP contribution in [-0.2, 0) is 4.79 Å². The molecule has 0 aromatic heterocycles. The van der Waals surface area contributed by atoms with Crippen LogP contribution < -0.4 is 4.74 Å². The molecule has 0 saturated carbocycles. The minimum Gasteiger partial charge on any atom is -0.494 e. The van der Waals surface area contributed by atoms with Crippen molar-refractivity contribution >= 4 is 46.4 Å². The summed E-state index contributed by atoms with van der Waals surface area (Å²) in [6, 6.07) is 15.7. The lowest BCUT2D eigenvalue weighted by atomic mass is 10.2. The maximum Gasteiger partial charge on any atom is 0.266 e. The summed E-state index contributed by atoms with van der Waals surface area (Å²) >= 11 is 3.06. The van der Waals surface area contributed by atoms with Gasteiger partial charge in [-0.15, -0.1) is 11.8 Å². The lowest BCUT2D eigenvalue weighted by Crippen LogP contribution is -2.23. The van der Waals surface area contributed by atoms with E-state index in [1.165, 1.54) is 11.8 Å². The van der Waals surface area contributed by atoms with Crippen molar-refractivity contribution in [3.8, 4) is 5.75 Å². The number of hydrogen-bond donors (Lipinski definition) is 0. The van der Waals surface area contributed by atoms with Crippen LogP contribution in [0, 0.1) is 0 Å². The maximum absolute atomic E-state index is 12.6. The Morgan fingerprint density at radius 2 is 2.04 bits per heavy atom. The van der Waals surface area contributed by atoms with Crippen molar-refractivity contribution in [2.75, 3.05) is 19.9 Å². The molecule has 1 saturated heterocycles. The minimum absolute atomic E-state index is 0.0448. The third-order valence-corrected chi connectivity index (χ3v) is 5.53. The maximum atomic E-state index is 12.6. The molecule has 1 amide bonds. The van der Waals surface area contributed by atoms with E-state index in [0.29, 0.717) is 16.7 Å². The molecule has 0 N–H and O–H groups in total. The van der Waals surface area contributed by atoms with E-state index in [2.05, 4.69) is 4.99 Å². The smallest absolute Gasteiger partial charge is 0.266 e. The van der Waals surface area contributed by atoms with E-state index >= 15 is 0 Å². The Bertz CT molecular complexity index is 878. The summed E-state index contributed by atoms with van der Waals surface area (Å²) in [5, 5.41) is 0.681. The van der Waals surface area contributed by atoms with Gasteiger partial charge in [-0.3, -0.25) is 9.69 Å². The third-order valence-electron chi connectivity index (χ3n) is 3.75. The summed E-state index contributed by atoms with van der Waals surface area (Å²) in [6.45, 7) is 2.56. The molecule has 1 aliphatic rings. The predicted molar refractivity (Wildman–Crippen MR) is 111 cm³/mol. The van der Waals surface area contributed by atoms with Gasteiger partial charge in [0, 0.05) is 11.9 Å². The van der Waals surface area contributed by atoms with Gasteiger partial charge in [0.2, 0.25) is 0 Å². The second-order valence-electron chi connectivity index (χ2n) is 5.58. The molecular weight excluding hydrogens is 364 g/mol. The molecule has 2 aromatic carbocycles. The molecule has 26 heavy (non-hydrogen) atoms. The van der Waals surface area contributed by atoms with E-state index in [-0.39, 0.29) is 5.91 Å². The zero-order valence-electron chi connectivity index (χ0n) is 14.9. The van der Waals surface area contributed by atoms with E-state index < -0.39 is 0 Å². The van der Waals surface area contributed by atoms with Gasteiger partial charge in [-0.2, -0.15) is 0 Å². The highest BCUT2D eigenvalue weighted by Gasteiger charge is 2.30. The first-order valence-corrected chi connectivity index (χ1v) is 10.3. The van der Waals surface area contributed by atoms with Crippen LogP contribution in [0.15, 0.2) is 63.3 Å². The summed E-state index contributed by atoms with van der Waals surface area (Å²) in [7, 11) is 1.75. The van der Waals surface area contributed by atoms with Gasteiger partial charge in [-0.05, 0) is 66.9 Å². The summed E-state index contributed by atoms with van der Waals surface area (Å²) in [4.78, 5) is 20.6. The van der Waals surface area contributed by atoms with Crippen molar-refractivity contribution in [1.29, 1.82) is 0 Å². The van der Waals surface area contributed by atoms with Gasteiger partial charge in [0.25, 0.3) is 5.91 Å². The van der Waals surface area contributed by atoms with Gasteiger partial charge in [-0.25, -0.2) is 4.99 Å². The molecule has 134 valence electrons. The van der Waals surface area contributed by atoms with Crippen LogP contribution in [0.2, 0.25) is 0 Å². The van der Waals surface area contributed by atoms with E-state index in [0.717, 1.165) is 21.9 Å². The molecule has 0 atom stereocenters. The van der Waals surface area contributed by atoms with Crippen LogP contribution in [0.5, 0.6) is 5.75 Å². The number of amides is 1. The Balaban J connectivity index is 1.86. The minimum atomic E-state index is -0.0448. The van der Waals surface area contributed by atoms with Gasteiger partial charge in [0.15, 0.2) is 5.17 Å². The van der Waals surface area contributed by atoms with Gasteiger partial charge >= 0.3 is 0 Å². The first kappa shape index (κ1) is 18.6. The number of amidine groups is 1. The number of benzene rings is 2. The number of carbonyl (C=O) groups is 1. The molecule has 0 aliphatic carbocycles. The fraction of sp³-hybridized carbons (Fsp3) is 0.200. The van der Waals surface area contributed by atoms with Gasteiger partial charge in [0.1, 0.15) is 5.75 Å². The molecule has 1 heterocycles. The van der Waals surface area contributed by atoms with Gasteiger partial charge in [0.05, 0.1) is 17.2 Å². The number of carbonyl (C=O) groups excluding carboxylic acids is 1. The molecule has 2 aromatic rings. The number of nitrogens with zero attached hydrogens (tertiary/aromatic N) is 2. The average molecular weight is 385 g/mol. The van der Waals surface area contributed by atoms with E-state index in [4.69, 9.17) is 4.74 Å². The molecule has 0 spiro atoms. The Hall–Kier alpha value is -2.18. The van der Waals surface area contributed by atoms with Gasteiger partial charge < -0.3 is 4.74 Å². The highest BCUT2D eigenvalue weighted by Crippen LogP contribution is 2.34. The Kier molecular flexibility index (Phi) is 6.06. The summed E-state index contributed by atoms with van der Waals surface area (Å²) < 4.78 is 5.52. The quantitative estimate of drug-likeness (QED) is 0.535. The number of rotatable bonds is 5. The fourth-order valence-electron chi connectivity index (χ4n) is 2.45. The van der Waals surface area contributed by atoms with Crippen LogP contribution in [-0.4, -0.2) is 35.9 Å². The van der Waals surface area contributed by atoms with Gasteiger partial charge in [-0.1, -0.05) is 18.2 Å². The predicted octanol–water partition coefficient (Wildman–Crippen LogP) is 5.04. The van der Waals surface area contributed by atoms with E-state index in [1.54, 1.807) is 23.7 Å². The largest absolute Gasteiger partial charge is 0.494 e. The lowest BCUT2D eigenvalue weighted by Gasteiger charge is -2.07. The second kappa shape index (κ2) is 8.47. The first-order valence-electron chi connectivity index (χ1n) is 8.24. The van der Waals surface area contributed by atoms with Crippen LogP contribution in [0.4, 0.5) is 5.69 Å². The van der Waals surface area contributed by atoms with Crippen molar-refractivity contribution in [1.82, 2.24) is 4.90 Å². The number of likely N-dealkylation sites (N-methyl/N-ethyl adjacent to an activating group) is 1. The van der Waals surface area contributed by atoms with Crippen LogP contribution >= 0.6 is 23.5 Å². The Morgan fingerprint density at radius 3 is 2.81 bits per heavy atom. The normalized spacial score (nSPS) is 17.3. The number of ether oxygens (including phenoxy) is 1. The second-order valence-corrected chi connectivity index (χ2v) is 7.46. The molecule has 1 aliphatic heterocycles. The topological polar surface area (TPSA) is 41.9 Å². The number of aliphatic imine (C=N–C) groups is 1. The van der Waals surface area contributed by atoms with E-state index in [1.807, 2.05) is 67.8 Å². The monoisotopic (exact) mass is 384 g/mol. The van der Waals surface area contributed by atoms with Crippen LogP contribution in [0.1, 0.15) is 12.5 Å². The van der Waals surface area contributed by atoms with Crippen LogP contribution in [0.3, 0.4) is 0 Å². The number of thioether (sulfide) groups is 2. The summed E-state index contributed by atoms with van der Waals surface area (Å²) in [5.74, 6) is 0.755. The molecule has 6 heteroatoms.